The lowest BCUT2D eigenvalue weighted by molar-refractivity contribution is -0.183. The van der Waals surface area contributed by atoms with Gasteiger partial charge in [-0.3, -0.25) is 0 Å². The van der Waals surface area contributed by atoms with Crippen LogP contribution in [0.1, 0.15) is 96.3 Å². The molecule has 0 aromatic rings. The smallest absolute Gasteiger partial charge is 0.112 e. The predicted molar refractivity (Wildman–Crippen MR) is 83.1 cm³/mol. The molecule has 115 valence electrons. The van der Waals surface area contributed by atoms with Gasteiger partial charge in [0.15, 0.2) is 0 Å². The normalized spacial score (nSPS) is 28.6. The Bertz CT molecular complexity index is 235. The van der Waals surface area contributed by atoms with Crippen LogP contribution in [0.2, 0.25) is 0 Å². The molecule has 0 spiro atoms. The topological polar surface area (TPSA) is 19.9 Å². The van der Waals surface area contributed by atoms with Crippen LogP contribution in [0, 0.1) is 17.8 Å². The Labute approximate surface area is 125 Å². The second kappa shape index (κ2) is 6.81. The van der Waals surface area contributed by atoms with Gasteiger partial charge in [0, 0.05) is 0 Å². The van der Waals surface area contributed by atoms with Crippen molar-refractivity contribution in [3.05, 3.63) is 0 Å². The van der Waals surface area contributed by atoms with Crippen molar-refractivity contribution in [1.29, 1.82) is 0 Å². The lowest BCUT2D eigenvalue weighted by Crippen LogP contribution is -2.52. The van der Waals surface area contributed by atoms with Crippen LogP contribution in [0.15, 0.2) is 0 Å². The van der Waals surface area contributed by atoms with Crippen LogP contribution < -0.4 is 0 Å². The van der Waals surface area contributed by atoms with Crippen molar-refractivity contribution in [1.82, 2.24) is 0 Å². The molecule has 0 atom stereocenters. The summed E-state index contributed by atoms with van der Waals surface area (Å²) in [4.78, 5) is 0. The van der Waals surface area contributed by atoms with Crippen LogP contribution in [0.25, 0.3) is 0 Å². The minimum absolute atomic E-state index is 0.516. The molecule has 0 N–H and O–H groups in total. The fraction of sp³-hybridized carbons (Fsp3) is 1.00. The molecule has 3 saturated carbocycles. The van der Waals surface area contributed by atoms with Crippen molar-refractivity contribution in [2.75, 3.05) is 0 Å². The van der Waals surface area contributed by atoms with Crippen LogP contribution in [0.5, 0.6) is 0 Å². The molecule has 0 bridgehead atoms. The van der Waals surface area contributed by atoms with E-state index in [0.717, 1.165) is 0 Å². The van der Waals surface area contributed by atoms with E-state index in [2.05, 4.69) is 0 Å². The van der Waals surface area contributed by atoms with Crippen molar-refractivity contribution in [2.24, 2.45) is 17.8 Å². The van der Waals surface area contributed by atoms with Gasteiger partial charge in [0.05, 0.1) is 0 Å². The highest BCUT2D eigenvalue weighted by Crippen LogP contribution is 2.50. The van der Waals surface area contributed by atoms with E-state index in [-0.39, 0.29) is 0 Å². The van der Waals surface area contributed by atoms with E-state index in [0.29, 0.717) is 17.8 Å². The molecule has 0 saturated heterocycles. The first kappa shape index (κ1) is 14.9. The zero-order valence-electron chi connectivity index (χ0n) is 13.2. The van der Waals surface area contributed by atoms with E-state index in [4.69, 9.17) is 0 Å². The van der Waals surface area contributed by atoms with Gasteiger partial charge in [0.1, 0.15) is 5.60 Å². The Kier molecular flexibility index (Phi) is 5.07. The van der Waals surface area contributed by atoms with Crippen LogP contribution in [-0.4, -0.2) is 5.60 Å². The number of hydrogen-bond acceptors (Lipinski definition) is 0. The summed E-state index contributed by atoms with van der Waals surface area (Å²) in [6.45, 7) is 0. The van der Waals surface area contributed by atoms with E-state index in [1.807, 2.05) is 0 Å². The first-order valence-corrected chi connectivity index (χ1v) is 9.52. The van der Waals surface area contributed by atoms with Crippen molar-refractivity contribution in [2.45, 2.75) is 102 Å². The maximum absolute atomic E-state index is 14.2. The molecule has 3 aliphatic rings. The van der Waals surface area contributed by atoms with E-state index in [1.54, 1.807) is 0 Å². The third-order valence-electron chi connectivity index (χ3n) is 6.73. The Morgan fingerprint density at radius 2 is 0.700 bits per heavy atom. The number of rotatable bonds is 3. The second-order valence-electron chi connectivity index (χ2n) is 7.86. The number of hydrogen-bond donors (Lipinski definition) is 0. The summed E-state index contributed by atoms with van der Waals surface area (Å²) in [7, 11) is 0. The highest BCUT2D eigenvalue weighted by molar-refractivity contribution is 4.99. The summed E-state index contributed by atoms with van der Waals surface area (Å²) in [6, 6.07) is 0. The Hall–Kier alpha value is -0.0400. The first-order valence-electron chi connectivity index (χ1n) is 9.52. The van der Waals surface area contributed by atoms with Gasteiger partial charge in [-0.05, 0) is 56.3 Å². The maximum Gasteiger partial charge on any atom is 0.112 e. The molecular weight excluding hydrogens is 244 g/mol. The first-order chi connectivity index (χ1) is 9.82. The fourth-order valence-corrected chi connectivity index (χ4v) is 5.66. The van der Waals surface area contributed by atoms with Gasteiger partial charge >= 0.3 is 0 Å². The highest BCUT2D eigenvalue weighted by Gasteiger charge is 2.50. The molecule has 0 amide bonds. The standard InChI is InChI=1S/C19H33O/c20-19(16-10-4-1-5-11-16,17-12-6-2-7-13-17)18-14-8-3-9-15-18/h16-18H,1-15H2. The molecule has 3 fully saturated rings. The van der Waals surface area contributed by atoms with E-state index in [9.17, 15) is 5.11 Å². The molecule has 1 nitrogen and oxygen atoms in total. The molecule has 1 radical (unpaired) electrons. The van der Waals surface area contributed by atoms with Gasteiger partial charge in [-0.15, -0.1) is 0 Å². The summed E-state index contributed by atoms with van der Waals surface area (Å²) in [5.41, 5.74) is -0.540. The van der Waals surface area contributed by atoms with Gasteiger partial charge in [0.25, 0.3) is 0 Å². The van der Waals surface area contributed by atoms with E-state index in [1.165, 1.54) is 96.3 Å². The van der Waals surface area contributed by atoms with Crippen molar-refractivity contribution in [3.8, 4) is 0 Å². The van der Waals surface area contributed by atoms with Gasteiger partial charge < -0.3 is 0 Å². The average molecular weight is 277 g/mol. The highest BCUT2D eigenvalue weighted by atomic mass is 16.3. The third-order valence-corrected chi connectivity index (χ3v) is 6.73. The van der Waals surface area contributed by atoms with Crippen molar-refractivity contribution < 1.29 is 5.11 Å². The second-order valence-corrected chi connectivity index (χ2v) is 7.86. The zero-order chi connectivity index (χ0) is 13.8. The van der Waals surface area contributed by atoms with E-state index >= 15 is 0 Å². The Morgan fingerprint density at radius 1 is 0.450 bits per heavy atom. The summed E-state index contributed by atoms with van der Waals surface area (Å²) in [6.07, 6.45) is 19.6. The van der Waals surface area contributed by atoms with Crippen molar-refractivity contribution in [3.63, 3.8) is 0 Å². The van der Waals surface area contributed by atoms with Crippen LogP contribution in [0.4, 0.5) is 0 Å². The fourth-order valence-electron chi connectivity index (χ4n) is 5.66. The molecule has 0 unspecified atom stereocenters. The van der Waals surface area contributed by atoms with Crippen LogP contribution >= 0.6 is 0 Å². The molecule has 0 aromatic carbocycles. The predicted octanol–water partition coefficient (Wildman–Crippen LogP) is 5.90. The summed E-state index contributed by atoms with van der Waals surface area (Å²) in [5.74, 6) is 1.55. The van der Waals surface area contributed by atoms with Crippen LogP contribution in [-0.2, 0) is 5.11 Å². The molecule has 3 rings (SSSR count). The summed E-state index contributed by atoms with van der Waals surface area (Å²) in [5, 5.41) is 14.2. The molecule has 0 aliphatic heterocycles. The Balaban J connectivity index is 1.79. The lowest BCUT2D eigenvalue weighted by atomic mass is 9.58. The van der Waals surface area contributed by atoms with Gasteiger partial charge in [0.2, 0.25) is 0 Å². The minimum atomic E-state index is -0.540. The lowest BCUT2D eigenvalue weighted by Gasteiger charge is -2.49. The van der Waals surface area contributed by atoms with Crippen LogP contribution in [0.3, 0.4) is 0 Å². The molecule has 0 aromatic heterocycles. The quantitative estimate of drug-likeness (QED) is 0.612. The average Bonchev–Trinajstić information content (AvgIpc) is 2.56. The molecular formula is C19H33O. The van der Waals surface area contributed by atoms with Gasteiger partial charge in [-0.2, -0.15) is 0 Å². The Morgan fingerprint density at radius 3 is 0.950 bits per heavy atom. The largest absolute Gasteiger partial charge is 0.229 e. The van der Waals surface area contributed by atoms with Gasteiger partial charge in [-0.1, -0.05) is 57.8 Å². The SMILES string of the molecule is [O]C(C1CCCCC1)(C1CCCCC1)C1CCCCC1. The van der Waals surface area contributed by atoms with Gasteiger partial charge in [-0.25, -0.2) is 5.11 Å². The summed E-state index contributed by atoms with van der Waals surface area (Å²) < 4.78 is 0. The monoisotopic (exact) mass is 277 g/mol. The summed E-state index contributed by atoms with van der Waals surface area (Å²) >= 11 is 0. The minimum Gasteiger partial charge on any atom is -0.229 e. The molecule has 3 aliphatic carbocycles. The zero-order valence-corrected chi connectivity index (χ0v) is 13.2. The molecule has 20 heavy (non-hydrogen) atoms. The molecule has 0 heterocycles. The van der Waals surface area contributed by atoms with E-state index < -0.39 is 5.60 Å². The maximum atomic E-state index is 14.2. The molecule has 1 heteroatoms. The van der Waals surface area contributed by atoms with Crippen molar-refractivity contribution >= 4 is 0 Å². The third kappa shape index (κ3) is 2.93.